The third-order valence-electron chi connectivity index (χ3n) is 4.83. The molecular weight excluding hydrogens is 406 g/mol. The standard InChI is InChI=1S/C25H25N3O2S/c1-27(2)17-10-18-28(25-26-21-14-7-9-16-23(21)31-25)24(29)20-13-6-8-15-22(20)30-19-11-4-3-5-12-19/h3-9,11-16H,10,17-18H2,1-2H3. The Morgan fingerprint density at radius 2 is 1.61 bits per heavy atom. The molecule has 0 aliphatic heterocycles. The van der Waals surface area contributed by atoms with Crippen LogP contribution in [0.4, 0.5) is 5.13 Å². The van der Waals surface area contributed by atoms with Gasteiger partial charge in [0.05, 0.1) is 15.8 Å². The van der Waals surface area contributed by atoms with E-state index in [4.69, 9.17) is 9.72 Å². The Kier molecular flexibility index (Phi) is 6.60. The van der Waals surface area contributed by atoms with Gasteiger partial charge in [0.15, 0.2) is 5.13 Å². The van der Waals surface area contributed by atoms with E-state index < -0.39 is 0 Å². The van der Waals surface area contributed by atoms with Crippen LogP contribution in [0, 0.1) is 0 Å². The molecule has 3 aromatic carbocycles. The predicted molar refractivity (Wildman–Crippen MR) is 127 cm³/mol. The average molecular weight is 432 g/mol. The van der Waals surface area contributed by atoms with Gasteiger partial charge in [0.25, 0.3) is 5.91 Å². The largest absolute Gasteiger partial charge is 0.457 e. The van der Waals surface area contributed by atoms with Gasteiger partial charge in [-0.25, -0.2) is 4.98 Å². The number of amides is 1. The Hall–Kier alpha value is -3.22. The molecule has 0 saturated carbocycles. The quantitative estimate of drug-likeness (QED) is 0.360. The van der Waals surface area contributed by atoms with Crippen LogP contribution in [0.25, 0.3) is 10.2 Å². The van der Waals surface area contributed by atoms with Gasteiger partial charge in [-0.3, -0.25) is 9.69 Å². The fourth-order valence-corrected chi connectivity index (χ4v) is 4.29. The van der Waals surface area contributed by atoms with Crippen molar-refractivity contribution in [2.45, 2.75) is 6.42 Å². The first-order chi connectivity index (χ1) is 15.1. The Morgan fingerprint density at radius 1 is 0.903 bits per heavy atom. The van der Waals surface area contributed by atoms with Gasteiger partial charge in [-0.2, -0.15) is 0 Å². The fourth-order valence-electron chi connectivity index (χ4n) is 3.30. The monoisotopic (exact) mass is 431 g/mol. The highest BCUT2D eigenvalue weighted by Crippen LogP contribution is 2.32. The first-order valence-corrected chi connectivity index (χ1v) is 11.1. The molecule has 1 aromatic heterocycles. The van der Waals surface area contributed by atoms with Gasteiger partial charge in [-0.1, -0.05) is 53.8 Å². The highest BCUT2D eigenvalue weighted by molar-refractivity contribution is 7.22. The van der Waals surface area contributed by atoms with Crippen molar-refractivity contribution in [1.82, 2.24) is 9.88 Å². The lowest BCUT2D eigenvalue weighted by Crippen LogP contribution is -2.33. The summed E-state index contributed by atoms with van der Waals surface area (Å²) in [5.41, 5.74) is 1.43. The molecule has 0 saturated heterocycles. The van der Waals surface area contributed by atoms with Crippen LogP contribution in [0.15, 0.2) is 78.9 Å². The number of thiazole rings is 1. The number of rotatable bonds is 8. The number of para-hydroxylation sites is 3. The number of hydrogen-bond acceptors (Lipinski definition) is 5. The molecule has 6 heteroatoms. The van der Waals surface area contributed by atoms with Gasteiger partial charge in [0.1, 0.15) is 11.5 Å². The molecule has 4 rings (SSSR count). The van der Waals surface area contributed by atoms with Crippen molar-refractivity contribution >= 4 is 32.6 Å². The number of carbonyl (C=O) groups is 1. The first-order valence-electron chi connectivity index (χ1n) is 10.3. The number of ether oxygens (including phenoxy) is 1. The smallest absolute Gasteiger partial charge is 0.263 e. The molecule has 0 fully saturated rings. The summed E-state index contributed by atoms with van der Waals surface area (Å²) in [5.74, 6) is 1.13. The fraction of sp³-hybridized carbons (Fsp3) is 0.200. The van der Waals surface area contributed by atoms with Gasteiger partial charge in [0, 0.05) is 6.54 Å². The van der Waals surface area contributed by atoms with E-state index in [0.29, 0.717) is 28.7 Å². The molecule has 0 spiro atoms. The lowest BCUT2D eigenvalue weighted by atomic mass is 10.1. The normalized spacial score (nSPS) is 11.1. The van der Waals surface area contributed by atoms with Crippen LogP contribution in [0.2, 0.25) is 0 Å². The van der Waals surface area contributed by atoms with Crippen LogP contribution in [-0.4, -0.2) is 43.0 Å². The zero-order valence-corrected chi connectivity index (χ0v) is 18.5. The average Bonchev–Trinajstić information content (AvgIpc) is 3.21. The van der Waals surface area contributed by atoms with Crippen molar-refractivity contribution < 1.29 is 9.53 Å². The lowest BCUT2D eigenvalue weighted by Gasteiger charge is -2.22. The van der Waals surface area contributed by atoms with Crippen LogP contribution in [0.1, 0.15) is 16.8 Å². The van der Waals surface area contributed by atoms with Gasteiger partial charge in [0.2, 0.25) is 0 Å². The van der Waals surface area contributed by atoms with E-state index in [0.717, 1.165) is 23.2 Å². The Labute approximate surface area is 186 Å². The van der Waals surface area contributed by atoms with Crippen molar-refractivity contribution in [3.63, 3.8) is 0 Å². The number of hydrogen-bond donors (Lipinski definition) is 0. The van der Waals surface area contributed by atoms with Crippen molar-refractivity contribution in [2.75, 3.05) is 32.1 Å². The summed E-state index contributed by atoms with van der Waals surface area (Å²) < 4.78 is 7.11. The molecule has 0 radical (unpaired) electrons. The molecule has 158 valence electrons. The number of nitrogens with zero attached hydrogens (tertiary/aromatic N) is 3. The molecule has 0 unspecified atom stereocenters. The second-order valence-corrected chi connectivity index (χ2v) is 8.50. The molecule has 0 N–H and O–H groups in total. The van der Waals surface area contributed by atoms with Crippen molar-refractivity contribution in [1.29, 1.82) is 0 Å². The van der Waals surface area contributed by atoms with E-state index in [9.17, 15) is 4.79 Å². The van der Waals surface area contributed by atoms with Crippen LogP contribution in [-0.2, 0) is 0 Å². The second-order valence-electron chi connectivity index (χ2n) is 7.49. The van der Waals surface area contributed by atoms with Crippen LogP contribution < -0.4 is 9.64 Å². The highest BCUT2D eigenvalue weighted by Gasteiger charge is 2.24. The van der Waals surface area contributed by atoms with Crippen molar-refractivity contribution in [2.24, 2.45) is 0 Å². The molecule has 0 bridgehead atoms. The van der Waals surface area contributed by atoms with E-state index in [2.05, 4.69) is 4.90 Å². The van der Waals surface area contributed by atoms with E-state index >= 15 is 0 Å². The van der Waals surface area contributed by atoms with Crippen molar-refractivity contribution in [3.05, 3.63) is 84.4 Å². The zero-order valence-electron chi connectivity index (χ0n) is 17.7. The minimum atomic E-state index is -0.107. The van der Waals surface area contributed by atoms with E-state index in [-0.39, 0.29) is 5.91 Å². The maximum atomic E-state index is 13.7. The van der Waals surface area contributed by atoms with E-state index in [1.54, 1.807) is 4.90 Å². The Morgan fingerprint density at radius 3 is 2.39 bits per heavy atom. The molecular formula is C25H25N3O2S. The maximum absolute atomic E-state index is 13.7. The van der Waals surface area contributed by atoms with Crippen LogP contribution in [0.3, 0.4) is 0 Å². The number of carbonyl (C=O) groups excluding carboxylic acids is 1. The molecule has 0 aliphatic carbocycles. The minimum absolute atomic E-state index is 0.107. The number of anilines is 1. The van der Waals surface area contributed by atoms with Crippen LogP contribution in [0.5, 0.6) is 11.5 Å². The minimum Gasteiger partial charge on any atom is -0.457 e. The maximum Gasteiger partial charge on any atom is 0.263 e. The van der Waals surface area contributed by atoms with Crippen LogP contribution >= 0.6 is 11.3 Å². The third-order valence-corrected chi connectivity index (χ3v) is 5.89. The SMILES string of the molecule is CN(C)CCCN(C(=O)c1ccccc1Oc1ccccc1)c1nc2ccccc2s1. The second kappa shape index (κ2) is 9.73. The summed E-state index contributed by atoms with van der Waals surface area (Å²) in [6.45, 7) is 1.47. The van der Waals surface area contributed by atoms with Gasteiger partial charge in [-0.05, 0) is 63.5 Å². The Bertz CT molecular complexity index is 1120. The molecule has 1 heterocycles. The molecule has 4 aromatic rings. The molecule has 31 heavy (non-hydrogen) atoms. The summed E-state index contributed by atoms with van der Waals surface area (Å²) in [4.78, 5) is 22.3. The number of fused-ring (bicyclic) bond motifs is 1. The van der Waals surface area contributed by atoms with Gasteiger partial charge < -0.3 is 9.64 Å². The third kappa shape index (κ3) is 5.10. The van der Waals surface area contributed by atoms with E-state index in [1.807, 2.05) is 93.0 Å². The lowest BCUT2D eigenvalue weighted by molar-refractivity contribution is 0.0984. The highest BCUT2D eigenvalue weighted by atomic mass is 32.1. The molecule has 0 atom stereocenters. The summed E-state index contributed by atoms with van der Waals surface area (Å²) in [6, 6.07) is 24.9. The summed E-state index contributed by atoms with van der Waals surface area (Å²) in [6.07, 6.45) is 0.844. The molecule has 1 amide bonds. The number of aromatic nitrogens is 1. The molecule has 0 aliphatic rings. The van der Waals surface area contributed by atoms with Crippen molar-refractivity contribution in [3.8, 4) is 11.5 Å². The van der Waals surface area contributed by atoms with Gasteiger partial charge in [-0.15, -0.1) is 0 Å². The summed E-state index contributed by atoms with van der Waals surface area (Å²) >= 11 is 1.54. The predicted octanol–water partition coefficient (Wildman–Crippen LogP) is 5.69. The number of benzene rings is 3. The summed E-state index contributed by atoms with van der Waals surface area (Å²) in [7, 11) is 4.07. The Balaban J connectivity index is 1.67. The topological polar surface area (TPSA) is 45.7 Å². The zero-order chi connectivity index (χ0) is 21.6. The first kappa shape index (κ1) is 21.0. The molecule has 5 nitrogen and oxygen atoms in total. The van der Waals surface area contributed by atoms with Gasteiger partial charge >= 0.3 is 0 Å². The summed E-state index contributed by atoms with van der Waals surface area (Å²) in [5, 5.41) is 0.708. The van der Waals surface area contributed by atoms with E-state index in [1.165, 1.54) is 11.3 Å².